The molecule has 1 aromatic heterocycles. The highest BCUT2D eigenvalue weighted by atomic mass is 16.3. The number of urea groups is 1. The largest absolute Gasteiger partial charge is 0.466 e. The summed E-state index contributed by atoms with van der Waals surface area (Å²) >= 11 is 0. The van der Waals surface area contributed by atoms with E-state index in [1.165, 1.54) is 24.7 Å². The molecule has 0 aromatic carbocycles. The van der Waals surface area contributed by atoms with Crippen molar-refractivity contribution in [1.29, 1.82) is 0 Å². The summed E-state index contributed by atoms with van der Waals surface area (Å²) in [5.74, 6) is -0.487. The summed E-state index contributed by atoms with van der Waals surface area (Å²) in [4.78, 5) is 37.7. The number of rotatable bonds is 6. The van der Waals surface area contributed by atoms with Crippen LogP contribution in [0.3, 0.4) is 0 Å². The van der Waals surface area contributed by atoms with Crippen LogP contribution >= 0.6 is 0 Å². The zero-order chi connectivity index (χ0) is 17.9. The first-order valence-electron chi connectivity index (χ1n) is 8.63. The van der Waals surface area contributed by atoms with Crippen molar-refractivity contribution in [2.75, 3.05) is 13.1 Å². The maximum atomic E-state index is 12.6. The number of hydrogen-bond donors (Lipinski definition) is 2. The van der Waals surface area contributed by atoms with Gasteiger partial charge in [0, 0.05) is 6.54 Å². The lowest BCUT2D eigenvalue weighted by atomic mass is 9.97. The first-order valence-corrected chi connectivity index (χ1v) is 8.63. The van der Waals surface area contributed by atoms with Gasteiger partial charge >= 0.3 is 6.03 Å². The lowest BCUT2D eigenvalue weighted by Crippen LogP contribution is -2.43. The number of nitrogens with one attached hydrogen (secondary N) is 2. The van der Waals surface area contributed by atoms with Gasteiger partial charge in [0.1, 0.15) is 12.3 Å². The molecule has 3 rings (SSSR count). The van der Waals surface area contributed by atoms with Crippen LogP contribution in [0, 0.1) is 0 Å². The Balaban J connectivity index is 1.53. The topological polar surface area (TPSA) is 91.7 Å². The fourth-order valence-corrected chi connectivity index (χ4v) is 3.26. The number of furan rings is 1. The molecule has 1 fully saturated rings. The van der Waals surface area contributed by atoms with E-state index < -0.39 is 17.5 Å². The lowest BCUT2D eigenvalue weighted by Gasteiger charge is -2.19. The lowest BCUT2D eigenvalue weighted by molar-refractivity contribution is -0.135. The molecule has 4 amide bonds. The highest BCUT2D eigenvalue weighted by Gasteiger charge is 2.51. The SMILES string of the molecule is CC1(c2ccco2)NC(=O)N(CC(=O)NCCC2=CCCCC2)C1=O. The molecule has 1 aromatic rings. The Kier molecular flexibility index (Phi) is 4.92. The average molecular weight is 345 g/mol. The number of imide groups is 1. The molecule has 0 radical (unpaired) electrons. The summed E-state index contributed by atoms with van der Waals surface area (Å²) in [6.07, 6.45) is 9.12. The van der Waals surface area contributed by atoms with Crippen LogP contribution in [0.2, 0.25) is 0 Å². The van der Waals surface area contributed by atoms with E-state index in [4.69, 9.17) is 4.42 Å². The standard InChI is InChI=1S/C18H23N3O4/c1-18(14-8-5-11-25-14)16(23)21(17(24)20-18)12-15(22)19-10-9-13-6-3-2-4-7-13/h5-6,8,11H,2-4,7,9-10,12H2,1H3,(H,19,22)(H,20,24). The van der Waals surface area contributed by atoms with E-state index >= 15 is 0 Å². The van der Waals surface area contributed by atoms with E-state index in [2.05, 4.69) is 16.7 Å². The van der Waals surface area contributed by atoms with Gasteiger partial charge in [-0.1, -0.05) is 11.6 Å². The molecular formula is C18H23N3O4. The van der Waals surface area contributed by atoms with Gasteiger partial charge in [-0.3, -0.25) is 14.5 Å². The quantitative estimate of drug-likeness (QED) is 0.610. The van der Waals surface area contributed by atoms with Crippen molar-refractivity contribution in [2.24, 2.45) is 0 Å². The smallest absolute Gasteiger partial charge is 0.325 e. The third kappa shape index (κ3) is 3.60. The molecule has 2 N–H and O–H groups in total. The van der Waals surface area contributed by atoms with Gasteiger partial charge < -0.3 is 15.1 Å². The van der Waals surface area contributed by atoms with Crippen molar-refractivity contribution in [3.8, 4) is 0 Å². The van der Waals surface area contributed by atoms with Crippen LogP contribution in [0.4, 0.5) is 4.79 Å². The average Bonchev–Trinajstić information content (AvgIpc) is 3.21. The van der Waals surface area contributed by atoms with Crippen LogP contribution in [0.1, 0.15) is 44.8 Å². The molecule has 0 bridgehead atoms. The molecule has 25 heavy (non-hydrogen) atoms. The summed E-state index contributed by atoms with van der Waals surface area (Å²) in [5, 5.41) is 5.38. The Labute approximate surface area is 146 Å². The van der Waals surface area contributed by atoms with Gasteiger partial charge in [0.25, 0.3) is 5.91 Å². The summed E-state index contributed by atoms with van der Waals surface area (Å²) < 4.78 is 5.26. The molecule has 0 saturated carbocycles. The molecule has 1 unspecified atom stereocenters. The predicted octanol–water partition coefficient (Wildman–Crippen LogP) is 2.05. The van der Waals surface area contributed by atoms with Gasteiger partial charge in [-0.2, -0.15) is 0 Å². The van der Waals surface area contributed by atoms with E-state index in [1.807, 2.05) is 0 Å². The van der Waals surface area contributed by atoms with Crippen LogP contribution in [-0.4, -0.2) is 35.8 Å². The fraction of sp³-hybridized carbons (Fsp3) is 0.500. The molecule has 7 nitrogen and oxygen atoms in total. The Hall–Kier alpha value is -2.57. The third-order valence-corrected chi connectivity index (χ3v) is 4.74. The van der Waals surface area contributed by atoms with Gasteiger partial charge in [0.15, 0.2) is 5.54 Å². The maximum absolute atomic E-state index is 12.6. The van der Waals surface area contributed by atoms with Crippen molar-refractivity contribution >= 4 is 17.8 Å². The highest BCUT2D eigenvalue weighted by molar-refractivity contribution is 6.08. The summed E-state index contributed by atoms with van der Waals surface area (Å²) in [6, 6.07) is 2.68. The minimum atomic E-state index is -1.27. The first kappa shape index (κ1) is 17.3. The van der Waals surface area contributed by atoms with Crippen LogP contribution in [-0.2, 0) is 15.1 Å². The van der Waals surface area contributed by atoms with Gasteiger partial charge in [0.2, 0.25) is 5.91 Å². The molecule has 1 aliphatic carbocycles. The zero-order valence-corrected chi connectivity index (χ0v) is 14.3. The number of allylic oxidation sites excluding steroid dienone is 1. The molecule has 1 aliphatic heterocycles. The van der Waals surface area contributed by atoms with Gasteiger partial charge in [-0.25, -0.2) is 4.79 Å². The van der Waals surface area contributed by atoms with Crippen molar-refractivity contribution < 1.29 is 18.8 Å². The first-order chi connectivity index (χ1) is 12.0. The van der Waals surface area contributed by atoms with Crippen LogP contribution in [0.15, 0.2) is 34.5 Å². The Morgan fingerprint density at radius 3 is 2.92 bits per heavy atom. The van der Waals surface area contributed by atoms with E-state index in [1.54, 1.807) is 19.1 Å². The second kappa shape index (κ2) is 7.13. The molecule has 0 spiro atoms. The molecule has 1 saturated heterocycles. The Morgan fingerprint density at radius 2 is 2.24 bits per heavy atom. The molecule has 2 aliphatic rings. The van der Waals surface area contributed by atoms with E-state index in [0.717, 1.165) is 24.2 Å². The number of hydrogen-bond acceptors (Lipinski definition) is 4. The van der Waals surface area contributed by atoms with Crippen molar-refractivity contribution in [1.82, 2.24) is 15.5 Å². The van der Waals surface area contributed by atoms with Crippen LogP contribution < -0.4 is 10.6 Å². The predicted molar refractivity (Wildman–Crippen MR) is 90.5 cm³/mol. The fourth-order valence-electron chi connectivity index (χ4n) is 3.26. The third-order valence-electron chi connectivity index (χ3n) is 4.74. The molecule has 7 heteroatoms. The Morgan fingerprint density at radius 1 is 1.40 bits per heavy atom. The van der Waals surface area contributed by atoms with E-state index in [0.29, 0.717) is 12.3 Å². The van der Waals surface area contributed by atoms with E-state index in [-0.39, 0.29) is 12.5 Å². The number of amides is 4. The minimum Gasteiger partial charge on any atom is -0.466 e. The summed E-state index contributed by atoms with van der Waals surface area (Å²) in [5.41, 5.74) is 0.0975. The van der Waals surface area contributed by atoms with Gasteiger partial charge in [0.05, 0.1) is 6.26 Å². The number of nitrogens with zero attached hydrogens (tertiary/aromatic N) is 1. The maximum Gasteiger partial charge on any atom is 0.325 e. The summed E-state index contributed by atoms with van der Waals surface area (Å²) in [6.45, 7) is 1.79. The van der Waals surface area contributed by atoms with Gasteiger partial charge in [-0.05, 0) is 51.2 Å². The molecular weight excluding hydrogens is 322 g/mol. The van der Waals surface area contributed by atoms with Crippen LogP contribution in [0.5, 0.6) is 0 Å². The summed E-state index contributed by atoms with van der Waals surface area (Å²) in [7, 11) is 0. The second-order valence-corrected chi connectivity index (χ2v) is 6.63. The van der Waals surface area contributed by atoms with Crippen molar-refractivity contribution in [2.45, 2.75) is 44.6 Å². The van der Waals surface area contributed by atoms with E-state index in [9.17, 15) is 14.4 Å². The monoisotopic (exact) mass is 345 g/mol. The van der Waals surface area contributed by atoms with Crippen LogP contribution in [0.25, 0.3) is 0 Å². The molecule has 134 valence electrons. The zero-order valence-electron chi connectivity index (χ0n) is 14.3. The van der Waals surface area contributed by atoms with Crippen molar-refractivity contribution in [3.05, 3.63) is 35.8 Å². The minimum absolute atomic E-state index is 0.292. The molecule has 1 atom stereocenters. The second-order valence-electron chi connectivity index (χ2n) is 6.63. The Bertz CT molecular complexity index is 695. The number of carbonyl (C=O) groups excluding carboxylic acids is 3. The van der Waals surface area contributed by atoms with Crippen molar-refractivity contribution in [3.63, 3.8) is 0 Å². The van der Waals surface area contributed by atoms with Gasteiger partial charge in [-0.15, -0.1) is 0 Å². The number of carbonyl (C=O) groups is 3. The normalized spacial score (nSPS) is 23.4. The molecule has 2 heterocycles. The highest BCUT2D eigenvalue weighted by Crippen LogP contribution is 2.28.